The van der Waals surface area contributed by atoms with Crippen LogP contribution in [0.2, 0.25) is 0 Å². The fraction of sp³-hybridized carbons (Fsp3) is 0.500. The van der Waals surface area contributed by atoms with Crippen molar-refractivity contribution < 1.29 is 9.47 Å². The Labute approximate surface area is 209 Å². The number of H-pyrrole nitrogens is 1. The van der Waals surface area contributed by atoms with Crippen LogP contribution in [0, 0.1) is 5.41 Å². The molecule has 0 radical (unpaired) electrons. The molecule has 5 heteroatoms. The molecule has 2 fully saturated rings. The number of aromatic amines is 1. The van der Waals surface area contributed by atoms with E-state index in [1.165, 1.54) is 58.2 Å². The van der Waals surface area contributed by atoms with Gasteiger partial charge in [-0.15, -0.1) is 0 Å². The van der Waals surface area contributed by atoms with Crippen LogP contribution in [-0.2, 0) is 9.47 Å². The summed E-state index contributed by atoms with van der Waals surface area (Å²) < 4.78 is 12.5. The van der Waals surface area contributed by atoms with Gasteiger partial charge in [0, 0.05) is 16.5 Å². The van der Waals surface area contributed by atoms with E-state index >= 15 is 0 Å². The van der Waals surface area contributed by atoms with Gasteiger partial charge in [0.2, 0.25) is 6.29 Å². The SMILES string of the molecule is CC1(CCCCCN2CCCCC2)COC(c2nc(-c3ccccc3)c(-c3ccccc3)[nH]2)OC1. The summed E-state index contributed by atoms with van der Waals surface area (Å²) >= 11 is 0. The molecule has 35 heavy (non-hydrogen) atoms. The predicted octanol–water partition coefficient (Wildman–Crippen LogP) is 6.84. The highest BCUT2D eigenvalue weighted by molar-refractivity contribution is 5.78. The maximum Gasteiger partial charge on any atom is 0.217 e. The van der Waals surface area contributed by atoms with Crippen LogP contribution >= 0.6 is 0 Å². The Morgan fingerprint density at radius 1 is 0.857 bits per heavy atom. The lowest BCUT2D eigenvalue weighted by atomic mass is 9.86. The van der Waals surface area contributed by atoms with Gasteiger partial charge < -0.3 is 19.4 Å². The lowest BCUT2D eigenvalue weighted by Crippen LogP contribution is -2.36. The molecule has 0 atom stereocenters. The third-order valence-corrected chi connectivity index (χ3v) is 7.42. The molecular weight excluding hydrogens is 434 g/mol. The van der Waals surface area contributed by atoms with Gasteiger partial charge in [-0.25, -0.2) is 4.98 Å². The second-order valence-electron chi connectivity index (χ2n) is 10.6. The van der Waals surface area contributed by atoms with Gasteiger partial charge in [-0.2, -0.15) is 0 Å². The van der Waals surface area contributed by atoms with Crippen LogP contribution in [0.15, 0.2) is 60.7 Å². The normalized spacial score (nSPS) is 23.4. The molecule has 1 N–H and O–H groups in total. The van der Waals surface area contributed by atoms with E-state index < -0.39 is 6.29 Å². The van der Waals surface area contributed by atoms with E-state index in [9.17, 15) is 0 Å². The zero-order chi connectivity index (χ0) is 23.9. The van der Waals surface area contributed by atoms with Crippen LogP contribution in [0.3, 0.4) is 0 Å². The summed E-state index contributed by atoms with van der Waals surface area (Å²) in [4.78, 5) is 11.1. The average molecular weight is 474 g/mol. The number of ether oxygens (including phenoxy) is 2. The van der Waals surface area contributed by atoms with Gasteiger partial charge in [-0.1, -0.05) is 86.8 Å². The van der Waals surface area contributed by atoms with Crippen molar-refractivity contribution in [2.75, 3.05) is 32.8 Å². The first kappa shape index (κ1) is 24.2. The first-order valence-electron chi connectivity index (χ1n) is 13.4. The number of benzene rings is 2. The molecule has 5 nitrogen and oxygen atoms in total. The summed E-state index contributed by atoms with van der Waals surface area (Å²) in [6.07, 6.45) is 8.68. The third-order valence-electron chi connectivity index (χ3n) is 7.42. The van der Waals surface area contributed by atoms with Gasteiger partial charge in [0.15, 0.2) is 5.82 Å². The molecule has 1 aromatic heterocycles. The largest absolute Gasteiger partial charge is 0.345 e. The van der Waals surface area contributed by atoms with Gasteiger partial charge in [0.25, 0.3) is 0 Å². The highest BCUT2D eigenvalue weighted by Crippen LogP contribution is 2.37. The summed E-state index contributed by atoms with van der Waals surface area (Å²) in [7, 11) is 0. The highest BCUT2D eigenvalue weighted by atomic mass is 16.7. The van der Waals surface area contributed by atoms with Gasteiger partial charge in [-0.05, 0) is 45.3 Å². The second kappa shape index (κ2) is 11.5. The molecule has 3 heterocycles. The quantitative estimate of drug-likeness (QED) is 0.346. The molecule has 0 aliphatic carbocycles. The summed E-state index contributed by atoms with van der Waals surface area (Å²) in [6, 6.07) is 20.7. The number of likely N-dealkylation sites (tertiary alicyclic amines) is 1. The minimum Gasteiger partial charge on any atom is -0.345 e. The standard InChI is InChI=1S/C30H39N3O2/c1-30(18-10-4-11-19-33-20-12-5-13-21-33)22-34-29(35-23-30)28-31-26(24-14-6-2-7-15-24)27(32-28)25-16-8-3-9-17-25/h2-3,6-9,14-17,29H,4-5,10-13,18-23H2,1H3,(H,31,32). The molecule has 2 aromatic carbocycles. The number of rotatable bonds is 9. The number of hydrogen-bond acceptors (Lipinski definition) is 4. The lowest BCUT2D eigenvalue weighted by molar-refractivity contribution is -0.235. The molecule has 3 aromatic rings. The van der Waals surface area contributed by atoms with E-state index in [-0.39, 0.29) is 5.41 Å². The predicted molar refractivity (Wildman–Crippen MR) is 141 cm³/mol. The van der Waals surface area contributed by atoms with Crippen molar-refractivity contribution in [3.8, 4) is 22.5 Å². The van der Waals surface area contributed by atoms with Crippen molar-refractivity contribution >= 4 is 0 Å². The average Bonchev–Trinajstić information content (AvgIpc) is 3.36. The molecule has 0 unspecified atom stereocenters. The van der Waals surface area contributed by atoms with Crippen LogP contribution in [0.5, 0.6) is 0 Å². The summed E-state index contributed by atoms with van der Waals surface area (Å²) in [5.74, 6) is 0.742. The third kappa shape index (κ3) is 6.21. The summed E-state index contributed by atoms with van der Waals surface area (Å²) in [5, 5.41) is 0. The van der Waals surface area contributed by atoms with Crippen molar-refractivity contribution in [3.05, 3.63) is 66.5 Å². The number of nitrogens with one attached hydrogen (secondary N) is 1. The van der Waals surface area contributed by atoms with Gasteiger partial charge >= 0.3 is 0 Å². The fourth-order valence-electron chi connectivity index (χ4n) is 5.31. The monoisotopic (exact) mass is 473 g/mol. The van der Waals surface area contributed by atoms with Crippen molar-refractivity contribution in [2.24, 2.45) is 5.41 Å². The number of hydrogen-bond donors (Lipinski definition) is 1. The van der Waals surface area contributed by atoms with Crippen molar-refractivity contribution in [1.82, 2.24) is 14.9 Å². The Bertz CT molecular complexity index is 979. The minimum atomic E-state index is -0.456. The molecular formula is C30H39N3O2. The van der Waals surface area contributed by atoms with Crippen LogP contribution in [-0.4, -0.2) is 47.7 Å². The number of aromatic nitrogens is 2. The zero-order valence-electron chi connectivity index (χ0n) is 21.0. The fourth-order valence-corrected chi connectivity index (χ4v) is 5.31. The smallest absolute Gasteiger partial charge is 0.217 e. The van der Waals surface area contributed by atoms with Crippen molar-refractivity contribution in [1.29, 1.82) is 0 Å². The molecule has 0 bridgehead atoms. The number of imidazole rings is 1. The maximum absolute atomic E-state index is 6.25. The van der Waals surface area contributed by atoms with E-state index in [1.54, 1.807) is 0 Å². The van der Waals surface area contributed by atoms with E-state index in [4.69, 9.17) is 14.5 Å². The first-order chi connectivity index (χ1) is 17.2. The Kier molecular flexibility index (Phi) is 7.97. The van der Waals surface area contributed by atoms with E-state index in [0.29, 0.717) is 13.2 Å². The first-order valence-corrected chi connectivity index (χ1v) is 13.4. The molecule has 2 saturated heterocycles. The highest BCUT2D eigenvalue weighted by Gasteiger charge is 2.34. The molecule has 0 amide bonds. The van der Waals surface area contributed by atoms with Crippen LogP contribution in [0.25, 0.3) is 22.5 Å². The van der Waals surface area contributed by atoms with Gasteiger partial charge in [0.1, 0.15) is 0 Å². The van der Waals surface area contributed by atoms with E-state index in [1.807, 2.05) is 24.3 Å². The molecule has 186 valence electrons. The topological polar surface area (TPSA) is 50.4 Å². The summed E-state index contributed by atoms with van der Waals surface area (Å²) in [5.41, 5.74) is 4.19. The van der Waals surface area contributed by atoms with Crippen molar-refractivity contribution in [2.45, 2.75) is 58.2 Å². The van der Waals surface area contributed by atoms with Crippen LogP contribution < -0.4 is 0 Å². The van der Waals surface area contributed by atoms with Crippen LogP contribution in [0.1, 0.15) is 64.0 Å². The minimum absolute atomic E-state index is 0.0682. The van der Waals surface area contributed by atoms with E-state index in [2.05, 4.69) is 53.2 Å². The zero-order valence-corrected chi connectivity index (χ0v) is 21.0. The van der Waals surface area contributed by atoms with E-state index in [0.717, 1.165) is 34.8 Å². The molecule has 2 aliphatic heterocycles. The Morgan fingerprint density at radius 2 is 1.51 bits per heavy atom. The summed E-state index contributed by atoms with van der Waals surface area (Å²) in [6.45, 7) is 7.55. The van der Waals surface area contributed by atoms with Gasteiger partial charge in [-0.3, -0.25) is 0 Å². The molecule has 2 aliphatic rings. The molecule has 0 spiro atoms. The Hall–Kier alpha value is -2.47. The second-order valence-corrected chi connectivity index (χ2v) is 10.6. The number of piperidine rings is 1. The Morgan fingerprint density at radius 3 is 2.20 bits per heavy atom. The lowest BCUT2D eigenvalue weighted by Gasteiger charge is -2.36. The van der Waals surface area contributed by atoms with Crippen molar-refractivity contribution in [3.63, 3.8) is 0 Å². The Balaban J connectivity index is 1.18. The number of nitrogens with zero attached hydrogens (tertiary/aromatic N) is 2. The number of unbranched alkanes of at least 4 members (excludes halogenated alkanes) is 2. The molecule has 0 saturated carbocycles. The van der Waals surface area contributed by atoms with Gasteiger partial charge in [0.05, 0.1) is 24.6 Å². The molecule has 5 rings (SSSR count). The van der Waals surface area contributed by atoms with Crippen LogP contribution in [0.4, 0.5) is 0 Å². The maximum atomic E-state index is 6.25.